The molecule has 0 aliphatic heterocycles. The van der Waals surface area contributed by atoms with Crippen LogP contribution in [0, 0.1) is 0 Å². The first-order chi connectivity index (χ1) is 14.2. The van der Waals surface area contributed by atoms with E-state index < -0.39 is 5.97 Å². The lowest BCUT2D eigenvalue weighted by molar-refractivity contribution is -0.137. The fraction of sp³-hybridized carbons (Fsp3) is 0.435. The summed E-state index contributed by atoms with van der Waals surface area (Å²) in [6.07, 6.45) is 11.7. The van der Waals surface area contributed by atoms with Crippen LogP contribution in [0.25, 0.3) is 11.4 Å². The largest absolute Gasteiger partial charge is 0.490 e. The number of hydrogen-bond acceptors (Lipinski definition) is 6. The zero-order valence-corrected chi connectivity index (χ0v) is 16.7. The van der Waals surface area contributed by atoms with Crippen molar-refractivity contribution < 1.29 is 19.0 Å². The topological polar surface area (TPSA) is 70.5 Å². The molecule has 1 fully saturated rings. The van der Waals surface area contributed by atoms with Crippen molar-refractivity contribution in [2.75, 3.05) is 13.2 Å². The summed E-state index contributed by atoms with van der Waals surface area (Å²) in [4.78, 5) is 19.7. The summed E-state index contributed by atoms with van der Waals surface area (Å²) in [6.45, 7) is 4.71. The molecular formula is C23H28N2O4. The summed E-state index contributed by atoms with van der Waals surface area (Å²) in [5, 5.41) is 0. The molecule has 0 amide bonds. The van der Waals surface area contributed by atoms with Gasteiger partial charge in [-0.2, -0.15) is 0 Å². The SMILES string of the molecule is C=CC(=O)OCCCOc1cnc(-c2ccc(COC3CCCCC3)cc2)nc1. The van der Waals surface area contributed by atoms with E-state index in [1.54, 1.807) is 12.4 Å². The lowest BCUT2D eigenvalue weighted by Gasteiger charge is -2.22. The molecule has 1 aromatic carbocycles. The van der Waals surface area contributed by atoms with Crippen molar-refractivity contribution in [3.8, 4) is 17.1 Å². The summed E-state index contributed by atoms with van der Waals surface area (Å²) in [5.41, 5.74) is 2.12. The predicted molar refractivity (Wildman–Crippen MR) is 110 cm³/mol. The lowest BCUT2D eigenvalue weighted by Crippen LogP contribution is -2.16. The van der Waals surface area contributed by atoms with Gasteiger partial charge in [-0.1, -0.05) is 50.1 Å². The van der Waals surface area contributed by atoms with Crippen molar-refractivity contribution in [3.63, 3.8) is 0 Å². The van der Waals surface area contributed by atoms with Gasteiger partial charge in [-0.25, -0.2) is 14.8 Å². The number of carbonyl (C=O) groups excluding carboxylic acids is 1. The minimum absolute atomic E-state index is 0.292. The first-order valence-corrected chi connectivity index (χ1v) is 10.2. The van der Waals surface area contributed by atoms with E-state index >= 15 is 0 Å². The van der Waals surface area contributed by atoms with Gasteiger partial charge in [0.25, 0.3) is 0 Å². The smallest absolute Gasteiger partial charge is 0.330 e. The molecule has 0 saturated heterocycles. The van der Waals surface area contributed by atoms with Crippen LogP contribution in [0.5, 0.6) is 5.75 Å². The summed E-state index contributed by atoms with van der Waals surface area (Å²) >= 11 is 0. The van der Waals surface area contributed by atoms with E-state index in [1.165, 1.54) is 32.1 Å². The highest BCUT2D eigenvalue weighted by molar-refractivity contribution is 5.81. The molecule has 1 aromatic heterocycles. The van der Waals surface area contributed by atoms with Crippen LogP contribution in [-0.4, -0.2) is 35.3 Å². The van der Waals surface area contributed by atoms with Crippen molar-refractivity contribution in [3.05, 3.63) is 54.9 Å². The molecule has 29 heavy (non-hydrogen) atoms. The van der Waals surface area contributed by atoms with E-state index in [0.29, 0.717) is 43.9 Å². The molecule has 0 spiro atoms. The highest BCUT2D eigenvalue weighted by Crippen LogP contribution is 2.22. The van der Waals surface area contributed by atoms with Crippen LogP contribution in [0.15, 0.2) is 49.3 Å². The molecule has 1 heterocycles. The summed E-state index contributed by atoms with van der Waals surface area (Å²) in [5.74, 6) is 0.808. The van der Waals surface area contributed by atoms with Crippen molar-refractivity contribution in [1.29, 1.82) is 0 Å². The van der Waals surface area contributed by atoms with Gasteiger partial charge in [0.1, 0.15) is 0 Å². The van der Waals surface area contributed by atoms with Gasteiger partial charge in [-0.05, 0) is 18.4 Å². The highest BCUT2D eigenvalue weighted by Gasteiger charge is 2.13. The molecule has 6 nitrogen and oxygen atoms in total. The quantitative estimate of drug-likeness (QED) is 0.335. The molecule has 0 bridgehead atoms. The number of benzene rings is 1. The van der Waals surface area contributed by atoms with Crippen LogP contribution in [0.1, 0.15) is 44.1 Å². The molecule has 0 atom stereocenters. The Kier molecular flexibility index (Phi) is 8.19. The summed E-state index contributed by atoms with van der Waals surface area (Å²) in [6, 6.07) is 8.17. The molecule has 1 saturated carbocycles. The van der Waals surface area contributed by atoms with Crippen molar-refractivity contribution in [2.24, 2.45) is 0 Å². The van der Waals surface area contributed by atoms with Gasteiger partial charge in [0.15, 0.2) is 11.6 Å². The highest BCUT2D eigenvalue weighted by atomic mass is 16.5. The van der Waals surface area contributed by atoms with E-state index in [2.05, 4.69) is 28.7 Å². The van der Waals surface area contributed by atoms with Crippen molar-refractivity contribution in [2.45, 2.75) is 51.2 Å². The monoisotopic (exact) mass is 396 g/mol. The number of hydrogen-bond donors (Lipinski definition) is 0. The molecule has 3 rings (SSSR count). The normalized spacial score (nSPS) is 14.3. The number of esters is 1. The third-order valence-electron chi connectivity index (χ3n) is 4.85. The number of carbonyl (C=O) groups is 1. The van der Waals surface area contributed by atoms with Gasteiger partial charge in [0, 0.05) is 18.1 Å². The van der Waals surface area contributed by atoms with Crippen LogP contribution in [0.3, 0.4) is 0 Å². The van der Waals surface area contributed by atoms with E-state index in [0.717, 1.165) is 17.2 Å². The number of nitrogens with zero attached hydrogens (tertiary/aromatic N) is 2. The van der Waals surface area contributed by atoms with Crippen LogP contribution < -0.4 is 4.74 Å². The Morgan fingerprint density at radius 3 is 2.48 bits per heavy atom. The first-order valence-electron chi connectivity index (χ1n) is 10.2. The van der Waals surface area contributed by atoms with Gasteiger partial charge < -0.3 is 14.2 Å². The third-order valence-corrected chi connectivity index (χ3v) is 4.85. The second-order valence-corrected chi connectivity index (χ2v) is 7.08. The molecular weight excluding hydrogens is 368 g/mol. The average molecular weight is 396 g/mol. The van der Waals surface area contributed by atoms with Gasteiger partial charge >= 0.3 is 5.97 Å². The Labute approximate surface area is 171 Å². The van der Waals surface area contributed by atoms with Crippen molar-refractivity contribution >= 4 is 5.97 Å². The first kappa shape index (κ1) is 21.0. The molecule has 1 aliphatic carbocycles. The Balaban J connectivity index is 1.43. The van der Waals surface area contributed by atoms with Crippen molar-refractivity contribution in [1.82, 2.24) is 9.97 Å². The molecule has 2 aromatic rings. The molecule has 0 radical (unpaired) electrons. The molecule has 6 heteroatoms. The number of ether oxygens (including phenoxy) is 3. The fourth-order valence-electron chi connectivity index (χ4n) is 3.22. The van der Waals surface area contributed by atoms with E-state index in [4.69, 9.17) is 14.2 Å². The molecule has 0 unspecified atom stereocenters. The second kappa shape index (κ2) is 11.3. The molecule has 0 N–H and O–H groups in total. The summed E-state index contributed by atoms with van der Waals surface area (Å²) in [7, 11) is 0. The molecule has 154 valence electrons. The average Bonchev–Trinajstić information content (AvgIpc) is 2.79. The van der Waals surface area contributed by atoms with Gasteiger partial charge in [0.2, 0.25) is 0 Å². The van der Waals surface area contributed by atoms with Crippen LogP contribution in [0.2, 0.25) is 0 Å². The second-order valence-electron chi connectivity index (χ2n) is 7.08. The Bertz CT molecular complexity index is 768. The Morgan fingerprint density at radius 2 is 1.79 bits per heavy atom. The maximum absolute atomic E-state index is 10.9. The maximum Gasteiger partial charge on any atom is 0.330 e. The Morgan fingerprint density at radius 1 is 1.07 bits per heavy atom. The third kappa shape index (κ3) is 6.98. The number of rotatable bonds is 10. The lowest BCUT2D eigenvalue weighted by atomic mass is 9.98. The standard InChI is InChI=1S/C23H28N2O4/c1-2-22(26)28-14-6-13-27-21-15-24-23(25-16-21)19-11-9-18(10-12-19)17-29-20-7-4-3-5-8-20/h2,9-12,15-16,20H,1,3-8,13-14,17H2. The number of aromatic nitrogens is 2. The van der Waals surface area contributed by atoms with E-state index in [9.17, 15) is 4.79 Å². The van der Waals surface area contributed by atoms with E-state index in [-0.39, 0.29) is 0 Å². The molecule has 1 aliphatic rings. The summed E-state index contributed by atoms with van der Waals surface area (Å²) < 4.78 is 16.5. The van der Waals surface area contributed by atoms with Gasteiger partial charge in [-0.3, -0.25) is 0 Å². The zero-order valence-electron chi connectivity index (χ0n) is 16.7. The van der Waals surface area contributed by atoms with Crippen LogP contribution in [0.4, 0.5) is 0 Å². The minimum atomic E-state index is -0.427. The maximum atomic E-state index is 10.9. The fourth-order valence-corrected chi connectivity index (χ4v) is 3.22. The van der Waals surface area contributed by atoms with Crippen LogP contribution >= 0.6 is 0 Å². The van der Waals surface area contributed by atoms with Gasteiger partial charge in [0.05, 0.1) is 38.3 Å². The van der Waals surface area contributed by atoms with E-state index in [1.807, 2.05) is 12.1 Å². The Hall–Kier alpha value is -2.73. The predicted octanol–water partition coefficient (Wildman–Crippen LogP) is 4.49. The minimum Gasteiger partial charge on any atom is -0.490 e. The zero-order chi connectivity index (χ0) is 20.3. The van der Waals surface area contributed by atoms with Crippen LogP contribution in [-0.2, 0) is 20.9 Å². The van der Waals surface area contributed by atoms with Gasteiger partial charge in [-0.15, -0.1) is 0 Å².